The average molecular weight is 198 g/mol. The van der Waals surface area contributed by atoms with Crippen LogP contribution >= 0.6 is 0 Å². The van der Waals surface area contributed by atoms with E-state index in [-0.39, 0.29) is 0 Å². The highest BCUT2D eigenvalue weighted by Gasteiger charge is 2.01. The second-order valence-electron chi connectivity index (χ2n) is 2.83. The Balaban J connectivity index is 3.01. The van der Waals surface area contributed by atoms with Crippen LogP contribution in [0, 0.1) is 0 Å². The van der Waals surface area contributed by atoms with Gasteiger partial charge in [0.25, 0.3) is 0 Å². The van der Waals surface area contributed by atoms with Crippen LogP contribution in [0.15, 0.2) is 18.2 Å². The number of nitrogens with one attached hydrogen (secondary N) is 1. The normalized spacial score (nSPS) is 12.5. The molecule has 0 saturated carbocycles. The number of hydrogen-bond donors (Lipinski definition) is 2. The molecule has 4 heteroatoms. The maximum Gasteiger partial charge on any atom is 0.113 e. The SMILES string of the molecule is CCc1ccc(N)cc1NS(C)=O. The van der Waals surface area contributed by atoms with Crippen LogP contribution in [0.3, 0.4) is 0 Å². The average Bonchev–Trinajstić information content (AvgIpc) is 2.03. The van der Waals surface area contributed by atoms with Crippen LogP contribution in [0.2, 0.25) is 0 Å². The zero-order valence-electron chi connectivity index (χ0n) is 7.83. The summed E-state index contributed by atoms with van der Waals surface area (Å²) in [6.45, 7) is 2.05. The van der Waals surface area contributed by atoms with E-state index in [1.165, 1.54) is 0 Å². The van der Waals surface area contributed by atoms with Crippen LogP contribution in [0.25, 0.3) is 0 Å². The van der Waals surface area contributed by atoms with Gasteiger partial charge in [0.15, 0.2) is 0 Å². The highest BCUT2D eigenvalue weighted by molar-refractivity contribution is 7.85. The first kappa shape index (κ1) is 10.1. The molecule has 1 aromatic carbocycles. The predicted octanol–water partition coefficient (Wildman–Crippen LogP) is 1.54. The van der Waals surface area contributed by atoms with Gasteiger partial charge in [-0.2, -0.15) is 0 Å². The summed E-state index contributed by atoms with van der Waals surface area (Å²) in [5.41, 5.74) is 8.30. The first-order valence-electron chi connectivity index (χ1n) is 4.12. The van der Waals surface area contributed by atoms with E-state index in [2.05, 4.69) is 11.6 Å². The maximum atomic E-state index is 11.0. The molecule has 72 valence electrons. The minimum absolute atomic E-state index is 0.685. The van der Waals surface area contributed by atoms with Crippen LogP contribution in [0.1, 0.15) is 12.5 Å². The molecule has 13 heavy (non-hydrogen) atoms. The molecule has 1 unspecified atom stereocenters. The molecule has 0 amide bonds. The van der Waals surface area contributed by atoms with Crippen molar-refractivity contribution in [2.24, 2.45) is 0 Å². The van der Waals surface area contributed by atoms with Crippen molar-refractivity contribution in [3.63, 3.8) is 0 Å². The third kappa shape index (κ3) is 2.73. The molecule has 0 aromatic heterocycles. The maximum absolute atomic E-state index is 11.0. The largest absolute Gasteiger partial charge is 0.399 e. The minimum Gasteiger partial charge on any atom is -0.399 e. The fraction of sp³-hybridized carbons (Fsp3) is 0.333. The van der Waals surface area contributed by atoms with E-state index in [1.807, 2.05) is 12.1 Å². The van der Waals surface area contributed by atoms with Crippen LogP contribution < -0.4 is 10.5 Å². The lowest BCUT2D eigenvalue weighted by Gasteiger charge is -2.08. The number of aryl methyl sites for hydroxylation is 1. The smallest absolute Gasteiger partial charge is 0.113 e. The summed E-state index contributed by atoms with van der Waals surface area (Å²) >= 11 is 0. The summed E-state index contributed by atoms with van der Waals surface area (Å²) in [6.07, 6.45) is 2.50. The second kappa shape index (κ2) is 4.28. The lowest BCUT2D eigenvalue weighted by Crippen LogP contribution is -2.04. The molecule has 0 aliphatic carbocycles. The molecule has 3 nitrogen and oxygen atoms in total. The summed E-state index contributed by atoms with van der Waals surface area (Å²) in [7, 11) is -1.04. The number of benzene rings is 1. The number of rotatable bonds is 3. The van der Waals surface area contributed by atoms with E-state index in [1.54, 1.807) is 12.3 Å². The first-order valence-corrected chi connectivity index (χ1v) is 5.67. The van der Waals surface area contributed by atoms with Gasteiger partial charge in [-0.1, -0.05) is 13.0 Å². The predicted molar refractivity (Wildman–Crippen MR) is 57.9 cm³/mol. The summed E-state index contributed by atoms with van der Waals surface area (Å²) in [5.74, 6) is 0. The zero-order chi connectivity index (χ0) is 9.84. The summed E-state index contributed by atoms with van der Waals surface area (Å²) < 4.78 is 13.8. The Bertz CT molecular complexity index is 325. The molecule has 0 aliphatic heterocycles. The minimum atomic E-state index is -1.04. The van der Waals surface area contributed by atoms with Crippen molar-refractivity contribution in [2.75, 3.05) is 16.7 Å². The standard InChI is InChI=1S/C9H14N2OS/c1-3-7-4-5-8(10)6-9(7)11-13(2)12/h4-6,11H,3,10H2,1-2H3. The van der Waals surface area contributed by atoms with Crippen LogP contribution in [0.5, 0.6) is 0 Å². The number of hydrogen-bond acceptors (Lipinski definition) is 2. The zero-order valence-corrected chi connectivity index (χ0v) is 8.65. The Morgan fingerprint density at radius 2 is 2.23 bits per heavy atom. The summed E-state index contributed by atoms with van der Waals surface area (Å²) in [4.78, 5) is 0. The Kier molecular flexibility index (Phi) is 3.31. The van der Waals surface area contributed by atoms with Gasteiger partial charge in [-0.15, -0.1) is 0 Å². The molecule has 0 spiro atoms. The van der Waals surface area contributed by atoms with Crippen molar-refractivity contribution in [3.05, 3.63) is 23.8 Å². The number of anilines is 2. The molecule has 0 bridgehead atoms. The van der Waals surface area contributed by atoms with Gasteiger partial charge in [0, 0.05) is 11.9 Å². The van der Waals surface area contributed by atoms with Gasteiger partial charge in [0.2, 0.25) is 0 Å². The lowest BCUT2D eigenvalue weighted by molar-refractivity contribution is 0.690. The first-order chi connectivity index (χ1) is 6.13. The van der Waals surface area contributed by atoms with Gasteiger partial charge in [-0.05, 0) is 24.1 Å². The van der Waals surface area contributed by atoms with Crippen molar-refractivity contribution >= 4 is 22.4 Å². The Hall–Kier alpha value is -1.03. The molecule has 0 aliphatic rings. The van der Waals surface area contributed by atoms with E-state index >= 15 is 0 Å². The van der Waals surface area contributed by atoms with Gasteiger partial charge in [-0.3, -0.25) is 0 Å². The van der Waals surface area contributed by atoms with E-state index in [9.17, 15) is 4.21 Å². The van der Waals surface area contributed by atoms with Crippen molar-refractivity contribution in [1.82, 2.24) is 0 Å². The highest BCUT2D eigenvalue weighted by Crippen LogP contribution is 2.19. The Morgan fingerprint density at radius 1 is 1.54 bits per heavy atom. The van der Waals surface area contributed by atoms with E-state index in [0.717, 1.165) is 17.7 Å². The van der Waals surface area contributed by atoms with Gasteiger partial charge >= 0.3 is 0 Å². The molecule has 0 heterocycles. The fourth-order valence-corrected chi connectivity index (χ4v) is 1.65. The molecule has 1 rings (SSSR count). The monoisotopic (exact) mass is 198 g/mol. The highest BCUT2D eigenvalue weighted by atomic mass is 32.2. The van der Waals surface area contributed by atoms with Crippen molar-refractivity contribution in [1.29, 1.82) is 0 Å². The third-order valence-corrected chi connectivity index (χ3v) is 2.28. The van der Waals surface area contributed by atoms with E-state index in [0.29, 0.717) is 5.69 Å². The Labute approximate surface area is 80.9 Å². The third-order valence-electron chi connectivity index (χ3n) is 1.77. The molecule has 0 saturated heterocycles. The molecule has 0 fully saturated rings. The van der Waals surface area contributed by atoms with Gasteiger partial charge in [0.05, 0.1) is 5.69 Å². The van der Waals surface area contributed by atoms with Crippen LogP contribution in [-0.4, -0.2) is 10.5 Å². The quantitative estimate of drug-likeness (QED) is 0.724. The number of nitrogen functional groups attached to an aromatic ring is 1. The summed E-state index contributed by atoms with van der Waals surface area (Å²) in [5, 5.41) is 0. The molecule has 3 N–H and O–H groups in total. The van der Waals surface area contributed by atoms with Crippen molar-refractivity contribution < 1.29 is 4.21 Å². The molecule has 1 atom stereocenters. The van der Waals surface area contributed by atoms with Crippen LogP contribution in [-0.2, 0) is 17.4 Å². The van der Waals surface area contributed by atoms with Crippen LogP contribution in [0.4, 0.5) is 11.4 Å². The van der Waals surface area contributed by atoms with Gasteiger partial charge in [0.1, 0.15) is 11.0 Å². The fourth-order valence-electron chi connectivity index (χ4n) is 1.15. The van der Waals surface area contributed by atoms with Crippen molar-refractivity contribution in [3.8, 4) is 0 Å². The number of nitrogens with two attached hydrogens (primary N) is 1. The molecule has 1 aromatic rings. The topological polar surface area (TPSA) is 55.1 Å². The Morgan fingerprint density at radius 3 is 2.77 bits per heavy atom. The molecule has 0 radical (unpaired) electrons. The second-order valence-corrected chi connectivity index (χ2v) is 3.94. The lowest BCUT2D eigenvalue weighted by atomic mass is 10.1. The van der Waals surface area contributed by atoms with Crippen molar-refractivity contribution in [2.45, 2.75) is 13.3 Å². The van der Waals surface area contributed by atoms with Gasteiger partial charge < -0.3 is 10.5 Å². The molecular weight excluding hydrogens is 184 g/mol. The molecular formula is C9H14N2OS. The van der Waals surface area contributed by atoms with E-state index in [4.69, 9.17) is 5.73 Å². The summed E-state index contributed by atoms with van der Waals surface area (Å²) in [6, 6.07) is 5.60. The van der Waals surface area contributed by atoms with E-state index < -0.39 is 11.0 Å². The van der Waals surface area contributed by atoms with Gasteiger partial charge in [-0.25, -0.2) is 4.21 Å².